The fourth-order valence-electron chi connectivity index (χ4n) is 3.31. The second kappa shape index (κ2) is 9.36. The normalized spacial score (nSPS) is 11.4. The number of allylic oxidation sites excluding steroid dienone is 1. The first-order chi connectivity index (χ1) is 15.6. The van der Waals surface area contributed by atoms with E-state index in [0.29, 0.717) is 29.5 Å². The predicted octanol–water partition coefficient (Wildman–Crippen LogP) is 6.05. The van der Waals surface area contributed by atoms with Crippen LogP contribution in [0.5, 0.6) is 11.5 Å². The highest BCUT2D eigenvalue weighted by Crippen LogP contribution is 2.31. The summed E-state index contributed by atoms with van der Waals surface area (Å²) in [5, 5.41) is 9.72. The van der Waals surface area contributed by atoms with Crippen molar-refractivity contribution in [2.45, 2.75) is 20.5 Å². The Morgan fingerprint density at radius 2 is 1.88 bits per heavy atom. The van der Waals surface area contributed by atoms with E-state index in [-0.39, 0.29) is 12.4 Å². The van der Waals surface area contributed by atoms with E-state index in [1.165, 1.54) is 12.1 Å². The molecule has 32 heavy (non-hydrogen) atoms. The monoisotopic (exact) mass is 427 g/mol. The molecule has 0 aliphatic rings. The van der Waals surface area contributed by atoms with Gasteiger partial charge in [-0.25, -0.2) is 9.37 Å². The summed E-state index contributed by atoms with van der Waals surface area (Å²) in [6.07, 6.45) is 1.76. The minimum Gasteiger partial charge on any atom is -0.490 e. The van der Waals surface area contributed by atoms with Gasteiger partial charge in [-0.1, -0.05) is 24.3 Å². The zero-order chi connectivity index (χ0) is 22.5. The largest absolute Gasteiger partial charge is 0.490 e. The van der Waals surface area contributed by atoms with Crippen LogP contribution in [0.25, 0.3) is 22.7 Å². The number of nitrogens with one attached hydrogen (secondary N) is 1. The van der Waals surface area contributed by atoms with Crippen LogP contribution < -0.4 is 9.47 Å². The number of hydrogen-bond donors (Lipinski definition) is 1. The minimum atomic E-state index is -0.284. The summed E-state index contributed by atoms with van der Waals surface area (Å²) in [7, 11) is 0. The van der Waals surface area contributed by atoms with Crippen LogP contribution in [-0.2, 0) is 6.61 Å². The molecule has 0 bridgehead atoms. The number of aromatic nitrogens is 2. The summed E-state index contributed by atoms with van der Waals surface area (Å²) < 4.78 is 24.7. The number of aromatic amines is 1. The van der Waals surface area contributed by atoms with E-state index >= 15 is 0 Å². The SMILES string of the molecule is CCOc1cc(C=C(C#N)c2nc3ccc(C)cc3[nH]2)ccc1OCc1ccc(F)cc1. The van der Waals surface area contributed by atoms with Crippen molar-refractivity contribution in [2.75, 3.05) is 6.61 Å². The Morgan fingerprint density at radius 1 is 1.06 bits per heavy atom. The van der Waals surface area contributed by atoms with Gasteiger partial charge in [0.15, 0.2) is 11.5 Å². The van der Waals surface area contributed by atoms with E-state index in [4.69, 9.17) is 9.47 Å². The van der Waals surface area contributed by atoms with Crippen LogP contribution in [0.4, 0.5) is 4.39 Å². The molecule has 0 radical (unpaired) electrons. The zero-order valence-electron chi connectivity index (χ0n) is 17.9. The smallest absolute Gasteiger partial charge is 0.161 e. The number of H-pyrrole nitrogens is 1. The van der Waals surface area contributed by atoms with Crippen molar-refractivity contribution >= 4 is 22.7 Å². The maximum atomic E-state index is 13.1. The maximum absolute atomic E-state index is 13.1. The van der Waals surface area contributed by atoms with Crippen molar-refractivity contribution in [1.29, 1.82) is 5.26 Å². The van der Waals surface area contributed by atoms with E-state index in [1.807, 2.05) is 44.2 Å². The first-order valence-corrected chi connectivity index (χ1v) is 10.3. The molecule has 4 aromatic rings. The van der Waals surface area contributed by atoms with E-state index in [0.717, 1.165) is 27.7 Å². The molecular weight excluding hydrogens is 405 g/mol. The van der Waals surface area contributed by atoms with Gasteiger partial charge in [0.25, 0.3) is 0 Å². The summed E-state index contributed by atoms with van der Waals surface area (Å²) in [5.41, 5.74) is 4.88. The summed E-state index contributed by atoms with van der Waals surface area (Å²) in [4.78, 5) is 7.75. The van der Waals surface area contributed by atoms with Gasteiger partial charge in [-0.05, 0) is 73.0 Å². The first kappa shape index (κ1) is 21.1. The molecule has 0 fully saturated rings. The van der Waals surface area contributed by atoms with E-state index in [9.17, 15) is 9.65 Å². The van der Waals surface area contributed by atoms with Gasteiger partial charge in [-0.2, -0.15) is 5.26 Å². The summed E-state index contributed by atoms with van der Waals surface area (Å²) in [6, 6.07) is 19.8. The molecule has 0 amide bonds. The van der Waals surface area contributed by atoms with Crippen molar-refractivity contribution in [2.24, 2.45) is 0 Å². The van der Waals surface area contributed by atoms with Gasteiger partial charge in [-0.3, -0.25) is 0 Å². The highest BCUT2D eigenvalue weighted by atomic mass is 19.1. The lowest BCUT2D eigenvalue weighted by Crippen LogP contribution is -2.00. The molecule has 0 aliphatic carbocycles. The summed E-state index contributed by atoms with van der Waals surface area (Å²) in [5.74, 6) is 1.38. The predicted molar refractivity (Wildman–Crippen MR) is 123 cm³/mol. The Morgan fingerprint density at radius 3 is 2.62 bits per heavy atom. The zero-order valence-corrected chi connectivity index (χ0v) is 17.9. The molecular formula is C26H22FN3O2. The molecule has 0 unspecified atom stereocenters. The molecule has 1 heterocycles. The van der Waals surface area contributed by atoms with Crippen molar-refractivity contribution in [3.63, 3.8) is 0 Å². The molecule has 3 aromatic carbocycles. The molecule has 4 rings (SSSR count). The van der Waals surface area contributed by atoms with Gasteiger partial charge >= 0.3 is 0 Å². The van der Waals surface area contributed by atoms with Crippen molar-refractivity contribution in [3.8, 4) is 17.6 Å². The number of halogens is 1. The number of nitrogens with zero attached hydrogens (tertiary/aromatic N) is 2. The Hall–Kier alpha value is -4.11. The number of rotatable bonds is 7. The number of benzene rings is 3. The average molecular weight is 427 g/mol. The van der Waals surface area contributed by atoms with Crippen LogP contribution in [0, 0.1) is 24.1 Å². The van der Waals surface area contributed by atoms with Crippen LogP contribution in [0.3, 0.4) is 0 Å². The van der Waals surface area contributed by atoms with Gasteiger partial charge in [-0.15, -0.1) is 0 Å². The van der Waals surface area contributed by atoms with Gasteiger partial charge in [0.1, 0.15) is 24.3 Å². The minimum absolute atomic E-state index is 0.284. The Kier molecular flexibility index (Phi) is 6.18. The molecule has 0 saturated carbocycles. The highest BCUT2D eigenvalue weighted by Gasteiger charge is 2.11. The van der Waals surface area contributed by atoms with E-state index in [2.05, 4.69) is 16.0 Å². The number of aryl methyl sites for hydroxylation is 1. The Balaban J connectivity index is 1.60. The second-order valence-corrected chi connectivity index (χ2v) is 7.33. The standard InChI is InChI=1S/C26H22FN3O2/c1-3-31-25-14-19(7-11-24(25)32-16-18-5-8-21(27)9-6-18)13-20(15-28)26-29-22-10-4-17(2)12-23(22)30-26/h4-14H,3,16H2,1-2H3,(H,29,30). The van der Waals surface area contributed by atoms with Gasteiger partial charge in [0, 0.05) is 0 Å². The fraction of sp³-hybridized carbons (Fsp3) is 0.154. The first-order valence-electron chi connectivity index (χ1n) is 10.3. The van der Waals surface area contributed by atoms with E-state index < -0.39 is 0 Å². The van der Waals surface area contributed by atoms with E-state index in [1.54, 1.807) is 24.3 Å². The molecule has 6 heteroatoms. The Labute approximate surface area is 185 Å². The van der Waals surface area contributed by atoms with Gasteiger partial charge < -0.3 is 14.5 Å². The third-order valence-corrected chi connectivity index (χ3v) is 4.90. The third-order valence-electron chi connectivity index (χ3n) is 4.90. The summed E-state index contributed by atoms with van der Waals surface area (Å²) >= 11 is 0. The molecule has 0 atom stereocenters. The third kappa shape index (κ3) is 4.79. The maximum Gasteiger partial charge on any atom is 0.161 e. The lowest BCUT2D eigenvalue weighted by atomic mass is 10.1. The van der Waals surface area contributed by atoms with Gasteiger partial charge in [0.05, 0.1) is 23.2 Å². The molecule has 160 valence electrons. The topological polar surface area (TPSA) is 70.9 Å². The quantitative estimate of drug-likeness (QED) is 0.364. The van der Waals surface area contributed by atoms with Crippen molar-refractivity contribution in [3.05, 3.63) is 89.0 Å². The molecule has 5 nitrogen and oxygen atoms in total. The fourth-order valence-corrected chi connectivity index (χ4v) is 3.31. The van der Waals surface area contributed by atoms with Crippen LogP contribution in [0.2, 0.25) is 0 Å². The lowest BCUT2D eigenvalue weighted by molar-refractivity contribution is 0.269. The molecule has 1 N–H and O–H groups in total. The second-order valence-electron chi connectivity index (χ2n) is 7.33. The van der Waals surface area contributed by atoms with Crippen LogP contribution in [-0.4, -0.2) is 16.6 Å². The van der Waals surface area contributed by atoms with Crippen molar-refractivity contribution < 1.29 is 13.9 Å². The van der Waals surface area contributed by atoms with Crippen LogP contribution >= 0.6 is 0 Å². The molecule has 0 saturated heterocycles. The molecule has 0 aliphatic heterocycles. The Bertz CT molecular complexity index is 1320. The molecule has 1 aromatic heterocycles. The number of fused-ring (bicyclic) bond motifs is 1. The number of nitriles is 1. The highest BCUT2D eigenvalue weighted by molar-refractivity contribution is 5.90. The molecule has 0 spiro atoms. The number of imidazole rings is 1. The average Bonchev–Trinajstić information content (AvgIpc) is 3.21. The lowest BCUT2D eigenvalue weighted by Gasteiger charge is -2.13. The van der Waals surface area contributed by atoms with Crippen LogP contribution in [0.15, 0.2) is 60.7 Å². The van der Waals surface area contributed by atoms with Gasteiger partial charge in [0.2, 0.25) is 0 Å². The number of hydrogen-bond acceptors (Lipinski definition) is 4. The number of ether oxygens (including phenoxy) is 2. The summed E-state index contributed by atoms with van der Waals surface area (Å²) in [6.45, 7) is 4.66. The van der Waals surface area contributed by atoms with Crippen LogP contribution in [0.1, 0.15) is 29.4 Å². The van der Waals surface area contributed by atoms with Crippen molar-refractivity contribution in [1.82, 2.24) is 9.97 Å².